The zero-order valence-corrected chi connectivity index (χ0v) is 14.7. The maximum absolute atomic E-state index is 3.31. The minimum atomic E-state index is 0.998. The standard InChI is InChI=1S/C23H24N2/c1-18-16-21(22-9-12-24-23(22)17-18)8-5-13-25-14-10-20(11-15-25)19-6-3-2-4-7-19/h2-10,12,16-17,24H,11,13-15H2,1H3. The molecule has 126 valence electrons. The van der Waals surface area contributed by atoms with Crippen molar-refractivity contribution in [2.24, 2.45) is 0 Å². The lowest BCUT2D eigenvalue weighted by molar-refractivity contribution is 0.335. The maximum atomic E-state index is 3.31. The van der Waals surface area contributed by atoms with E-state index in [2.05, 4.69) is 83.6 Å². The molecule has 1 aromatic heterocycles. The number of H-pyrrole nitrogens is 1. The number of nitrogens with one attached hydrogen (secondary N) is 1. The molecule has 25 heavy (non-hydrogen) atoms. The first-order chi connectivity index (χ1) is 12.3. The van der Waals surface area contributed by atoms with Crippen LogP contribution in [0, 0.1) is 6.92 Å². The summed E-state index contributed by atoms with van der Waals surface area (Å²) in [7, 11) is 0. The van der Waals surface area contributed by atoms with Gasteiger partial charge in [0.25, 0.3) is 0 Å². The van der Waals surface area contributed by atoms with Crippen LogP contribution in [0.4, 0.5) is 0 Å². The number of nitrogens with zero attached hydrogens (tertiary/aromatic N) is 1. The first kappa shape index (κ1) is 15.9. The first-order valence-electron chi connectivity index (χ1n) is 9.01. The number of fused-ring (bicyclic) bond motifs is 1. The second kappa shape index (κ2) is 7.12. The van der Waals surface area contributed by atoms with Crippen molar-refractivity contribution in [1.82, 2.24) is 9.88 Å². The van der Waals surface area contributed by atoms with Gasteiger partial charge in [0.15, 0.2) is 0 Å². The monoisotopic (exact) mass is 328 g/mol. The summed E-state index contributed by atoms with van der Waals surface area (Å²) in [4.78, 5) is 5.80. The number of benzene rings is 2. The Kier molecular flexibility index (Phi) is 4.53. The van der Waals surface area contributed by atoms with E-state index in [1.54, 1.807) is 0 Å². The third-order valence-electron chi connectivity index (χ3n) is 4.94. The molecule has 1 N–H and O–H groups in total. The molecule has 0 saturated heterocycles. The fraction of sp³-hybridized carbons (Fsp3) is 0.217. The Labute approximate surface area is 149 Å². The van der Waals surface area contributed by atoms with Gasteiger partial charge in [0.1, 0.15) is 0 Å². The summed E-state index contributed by atoms with van der Waals surface area (Å²) in [6.07, 6.45) is 10.1. The number of aromatic amines is 1. The van der Waals surface area contributed by atoms with Gasteiger partial charge in [-0.2, -0.15) is 0 Å². The van der Waals surface area contributed by atoms with Crippen molar-refractivity contribution < 1.29 is 0 Å². The van der Waals surface area contributed by atoms with Gasteiger partial charge in [0, 0.05) is 36.7 Å². The summed E-state index contributed by atoms with van der Waals surface area (Å²) >= 11 is 0. The van der Waals surface area contributed by atoms with E-state index in [-0.39, 0.29) is 0 Å². The van der Waals surface area contributed by atoms with Crippen LogP contribution in [0.3, 0.4) is 0 Å². The molecule has 0 radical (unpaired) electrons. The van der Waals surface area contributed by atoms with E-state index < -0.39 is 0 Å². The highest BCUT2D eigenvalue weighted by atomic mass is 15.1. The lowest BCUT2D eigenvalue weighted by atomic mass is 9.99. The van der Waals surface area contributed by atoms with Gasteiger partial charge < -0.3 is 4.98 Å². The average Bonchev–Trinajstić information content (AvgIpc) is 3.11. The topological polar surface area (TPSA) is 19.0 Å². The number of rotatable bonds is 4. The Morgan fingerprint density at radius 2 is 2.00 bits per heavy atom. The number of aryl methyl sites for hydroxylation is 1. The summed E-state index contributed by atoms with van der Waals surface area (Å²) in [5.41, 5.74) is 6.66. The van der Waals surface area contributed by atoms with Gasteiger partial charge in [-0.1, -0.05) is 54.6 Å². The van der Waals surface area contributed by atoms with E-state index >= 15 is 0 Å². The molecule has 0 unspecified atom stereocenters. The van der Waals surface area contributed by atoms with Gasteiger partial charge in [0.2, 0.25) is 0 Å². The molecule has 0 bridgehead atoms. The Bertz CT molecular complexity index is 916. The van der Waals surface area contributed by atoms with Crippen molar-refractivity contribution in [3.63, 3.8) is 0 Å². The molecule has 2 aromatic carbocycles. The highest BCUT2D eigenvalue weighted by molar-refractivity contribution is 5.89. The lowest BCUT2D eigenvalue weighted by Crippen LogP contribution is -2.28. The first-order valence-corrected chi connectivity index (χ1v) is 9.01. The van der Waals surface area contributed by atoms with Gasteiger partial charge in [-0.15, -0.1) is 0 Å². The van der Waals surface area contributed by atoms with Crippen LogP contribution in [0.15, 0.2) is 66.9 Å². The maximum Gasteiger partial charge on any atom is 0.0462 e. The Morgan fingerprint density at radius 3 is 2.80 bits per heavy atom. The third kappa shape index (κ3) is 3.59. The van der Waals surface area contributed by atoms with Gasteiger partial charge in [-0.3, -0.25) is 4.90 Å². The summed E-state index contributed by atoms with van der Waals surface area (Å²) in [6.45, 7) is 5.30. The lowest BCUT2D eigenvalue weighted by Gasteiger charge is -2.25. The minimum Gasteiger partial charge on any atom is -0.361 e. The van der Waals surface area contributed by atoms with Crippen LogP contribution >= 0.6 is 0 Å². The average molecular weight is 328 g/mol. The number of aromatic nitrogens is 1. The molecular weight excluding hydrogens is 304 g/mol. The van der Waals surface area contributed by atoms with Crippen LogP contribution < -0.4 is 0 Å². The largest absolute Gasteiger partial charge is 0.361 e. The molecule has 1 aliphatic heterocycles. The van der Waals surface area contributed by atoms with E-state index in [1.165, 1.54) is 33.2 Å². The normalized spacial score (nSPS) is 15.8. The van der Waals surface area contributed by atoms with Crippen molar-refractivity contribution in [3.05, 3.63) is 83.6 Å². The SMILES string of the molecule is Cc1cc(C=CCN2CC=C(c3ccccc3)CC2)c2cc[nH]c2c1. The van der Waals surface area contributed by atoms with Crippen LogP contribution in [0.1, 0.15) is 23.1 Å². The zero-order chi connectivity index (χ0) is 17.1. The molecule has 0 atom stereocenters. The molecular formula is C23H24N2. The molecule has 2 nitrogen and oxygen atoms in total. The molecule has 0 spiro atoms. The van der Waals surface area contributed by atoms with Gasteiger partial charge in [-0.25, -0.2) is 0 Å². The second-order valence-corrected chi connectivity index (χ2v) is 6.80. The predicted octanol–water partition coefficient (Wildman–Crippen LogP) is 5.28. The Hall–Kier alpha value is -2.58. The smallest absolute Gasteiger partial charge is 0.0462 e. The van der Waals surface area contributed by atoms with E-state index in [4.69, 9.17) is 0 Å². The highest BCUT2D eigenvalue weighted by Gasteiger charge is 2.11. The van der Waals surface area contributed by atoms with E-state index in [0.717, 1.165) is 26.1 Å². The van der Waals surface area contributed by atoms with E-state index in [1.807, 2.05) is 6.20 Å². The third-order valence-corrected chi connectivity index (χ3v) is 4.94. The molecule has 0 aliphatic carbocycles. The molecule has 0 saturated carbocycles. The molecule has 1 aliphatic rings. The van der Waals surface area contributed by atoms with Crippen LogP contribution in [0.5, 0.6) is 0 Å². The highest BCUT2D eigenvalue weighted by Crippen LogP contribution is 2.23. The molecule has 4 rings (SSSR count). The van der Waals surface area contributed by atoms with Gasteiger partial charge >= 0.3 is 0 Å². The van der Waals surface area contributed by atoms with Gasteiger partial charge in [-0.05, 0) is 47.7 Å². The molecule has 0 fully saturated rings. The number of hydrogen-bond donors (Lipinski definition) is 1. The Balaban J connectivity index is 1.41. The van der Waals surface area contributed by atoms with Crippen LogP contribution in [0.25, 0.3) is 22.6 Å². The van der Waals surface area contributed by atoms with Crippen molar-refractivity contribution in [2.75, 3.05) is 19.6 Å². The van der Waals surface area contributed by atoms with E-state index in [0.29, 0.717) is 0 Å². The van der Waals surface area contributed by atoms with Crippen molar-refractivity contribution in [3.8, 4) is 0 Å². The van der Waals surface area contributed by atoms with Crippen molar-refractivity contribution in [1.29, 1.82) is 0 Å². The number of hydrogen-bond acceptors (Lipinski definition) is 1. The fourth-order valence-corrected chi connectivity index (χ4v) is 3.60. The molecule has 3 aromatic rings. The fourth-order valence-electron chi connectivity index (χ4n) is 3.60. The van der Waals surface area contributed by atoms with Crippen LogP contribution in [0.2, 0.25) is 0 Å². The summed E-state index contributed by atoms with van der Waals surface area (Å²) in [5, 5.41) is 1.30. The quantitative estimate of drug-likeness (QED) is 0.690. The second-order valence-electron chi connectivity index (χ2n) is 6.80. The molecule has 2 heteroatoms. The van der Waals surface area contributed by atoms with E-state index in [9.17, 15) is 0 Å². The summed E-state index contributed by atoms with van der Waals surface area (Å²) in [5.74, 6) is 0. The van der Waals surface area contributed by atoms with Crippen molar-refractivity contribution in [2.45, 2.75) is 13.3 Å². The molecule has 2 heterocycles. The Morgan fingerprint density at radius 1 is 1.12 bits per heavy atom. The zero-order valence-electron chi connectivity index (χ0n) is 14.7. The van der Waals surface area contributed by atoms with Gasteiger partial charge in [0.05, 0.1) is 0 Å². The molecule has 0 amide bonds. The predicted molar refractivity (Wildman–Crippen MR) is 108 cm³/mol. The summed E-state index contributed by atoms with van der Waals surface area (Å²) in [6, 6.07) is 17.4. The summed E-state index contributed by atoms with van der Waals surface area (Å²) < 4.78 is 0. The van der Waals surface area contributed by atoms with Crippen LogP contribution in [-0.2, 0) is 0 Å². The van der Waals surface area contributed by atoms with Crippen molar-refractivity contribution >= 4 is 22.6 Å². The van der Waals surface area contributed by atoms with Crippen LogP contribution in [-0.4, -0.2) is 29.5 Å². The minimum absolute atomic E-state index is 0.998.